The lowest BCUT2D eigenvalue weighted by Crippen LogP contribution is -2.21. The molecule has 0 unspecified atom stereocenters. The van der Waals surface area contributed by atoms with E-state index in [1.54, 1.807) is 5.38 Å². The molecule has 0 saturated carbocycles. The molecule has 1 aromatic heterocycles. The van der Waals surface area contributed by atoms with E-state index in [0.29, 0.717) is 23.1 Å². The summed E-state index contributed by atoms with van der Waals surface area (Å²) in [6.07, 6.45) is 1.53. The van der Waals surface area contributed by atoms with Crippen molar-refractivity contribution < 1.29 is 22.3 Å². The van der Waals surface area contributed by atoms with E-state index in [0.717, 1.165) is 12.8 Å². The third kappa shape index (κ3) is 4.99. The molecule has 130 valence electrons. The fraction of sp³-hybridized carbons (Fsp3) is 0.438. The van der Waals surface area contributed by atoms with Crippen LogP contribution in [0.2, 0.25) is 0 Å². The number of thiazole rings is 1. The highest BCUT2D eigenvalue weighted by atomic mass is 32.2. The van der Waals surface area contributed by atoms with Crippen LogP contribution in [0.1, 0.15) is 23.5 Å². The number of hydrogen-bond acceptors (Lipinski definition) is 6. The predicted octanol–water partition coefficient (Wildman–Crippen LogP) is 2.96. The summed E-state index contributed by atoms with van der Waals surface area (Å²) >= 11 is 1.35. The Morgan fingerprint density at radius 3 is 2.83 bits per heavy atom. The molecule has 0 bridgehead atoms. The maximum absolute atomic E-state index is 12.8. The molecule has 0 aliphatic carbocycles. The van der Waals surface area contributed by atoms with E-state index in [9.17, 15) is 12.8 Å². The molecule has 0 spiro atoms. The van der Waals surface area contributed by atoms with Gasteiger partial charge in [0.05, 0.1) is 23.3 Å². The van der Waals surface area contributed by atoms with Gasteiger partial charge in [0, 0.05) is 12.0 Å². The molecule has 0 amide bonds. The van der Waals surface area contributed by atoms with Crippen LogP contribution in [0.25, 0.3) is 0 Å². The van der Waals surface area contributed by atoms with Gasteiger partial charge in [0.2, 0.25) is 0 Å². The van der Waals surface area contributed by atoms with Crippen LogP contribution in [-0.4, -0.2) is 31.9 Å². The molecule has 1 saturated heterocycles. The lowest BCUT2D eigenvalue weighted by molar-refractivity contribution is 0.127. The average Bonchev–Trinajstić information content (AvgIpc) is 3.18. The topological polar surface area (TPSA) is 65.5 Å². The zero-order valence-electron chi connectivity index (χ0n) is 13.0. The third-order valence-corrected chi connectivity index (χ3v) is 6.09. The standard InChI is InChI=1S/C16H18FNO4S2/c17-12-3-5-14(6-4-12)22-8-16-18-13(9-23-16)10-24(19,20)11-15-2-1-7-21-15/h3-6,9,15H,1-2,7-8,10-11H2/t15-/m1/s1. The van der Waals surface area contributed by atoms with Crippen molar-refractivity contribution in [3.05, 3.63) is 46.2 Å². The molecule has 8 heteroatoms. The van der Waals surface area contributed by atoms with Crippen LogP contribution in [0.15, 0.2) is 29.6 Å². The van der Waals surface area contributed by atoms with Crippen molar-refractivity contribution >= 4 is 21.2 Å². The normalized spacial score (nSPS) is 18.0. The number of halogens is 1. The molecule has 0 radical (unpaired) electrons. The van der Waals surface area contributed by atoms with Gasteiger partial charge in [0.1, 0.15) is 23.2 Å². The second-order valence-electron chi connectivity index (χ2n) is 5.66. The molecule has 0 N–H and O–H groups in total. The molecule has 1 atom stereocenters. The Kier molecular flexibility index (Phi) is 5.47. The third-order valence-electron chi connectivity index (χ3n) is 3.61. The van der Waals surface area contributed by atoms with E-state index < -0.39 is 9.84 Å². The smallest absolute Gasteiger partial charge is 0.158 e. The summed E-state index contributed by atoms with van der Waals surface area (Å²) in [4.78, 5) is 4.30. The van der Waals surface area contributed by atoms with E-state index in [1.807, 2.05) is 0 Å². The van der Waals surface area contributed by atoms with Crippen LogP contribution in [0.5, 0.6) is 5.75 Å². The Bertz CT molecular complexity index is 768. The summed E-state index contributed by atoms with van der Waals surface area (Å²) in [5.74, 6) is 0.181. The first-order chi connectivity index (χ1) is 11.5. The molecule has 1 aromatic carbocycles. The van der Waals surface area contributed by atoms with Crippen molar-refractivity contribution in [1.29, 1.82) is 0 Å². The number of rotatable bonds is 7. The van der Waals surface area contributed by atoms with Gasteiger partial charge in [-0.15, -0.1) is 11.3 Å². The molecular formula is C16H18FNO4S2. The highest BCUT2D eigenvalue weighted by Gasteiger charge is 2.24. The van der Waals surface area contributed by atoms with Gasteiger partial charge in [0.25, 0.3) is 0 Å². The van der Waals surface area contributed by atoms with Crippen molar-refractivity contribution in [2.75, 3.05) is 12.4 Å². The van der Waals surface area contributed by atoms with Gasteiger partial charge in [-0.3, -0.25) is 0 Å². The Labute approximate surface area is 144 Å². The first-order valence-electron chi connectivity index (χ1n) is 7.64. The fourth-order valence-electron chi connectivity index (χ4n) is 2.50. The summed E-state index contributed by atoms with van der Waals surface area (Å²) < 4.78 is 48.1. The van der Waals surface area contributed by atoms with Gasteiger partial charge in [-0.2, -0.15) is 0 Å². The van der Waals surface area contributed by atoms with Gasteiger partial charge >= 0.3 is 0 Å². The van der Waals surface area contributed by atoms with Crippen LogP contribution in [0.3, 0.4) is 0 Å². The van der Waals surface area contributed by atoms with Crippen LogP contribution >= 0.6 is 11.3 Å². The Balaban J connectivity index is 1.53. The summed E-state index contributed by atoms with van der Waals surface area (Å²) in [5.41, 5.74) is 0.524. The Morgan fingerprint density at radius 1 is 1.33 bits per heavy atom. The van der Waals surface area contributed by atoms with Gasteiger partial charge in [0.15, 0.2) is 9.84 Å². The van der Waals surface area contributed by atoms with E-state index in [4.69, 9.17) is 9.47 Å². The largest absolute Gasteiger partial charge is 0.486 e. The van der Waals surface area contributed by atoms with Gasteiger partial charge in [-0.25, -0.2) is 17.8 Å². The summed E-state index contributed by atoms with van der Waals surface area (Å²) in [6.45, 7) is 0.865. The molecule has 1 aliphatic rings. The highest BCUT2D eigenvalue weighted by molar-refractivity contribution is 7.90. The van der Waals surface area contributed by atoms with Crippen molar-refractivity contribution in [3.63, 3.8) is 0 Å². The summed E-state index contributed by atoms with van der Waals surface area (Å²) in [5, 5.41) is 2.41. The van der Waals surface area contributed by atoms with Gasteiger partial charge < -0.3 is 9.47 Å². The quantitative estimate of drug-likeness (QED) is 0.749. The number of aromatic nitrogens is 1. The highest BCUT2D eigenvalue weighted by Crippen LogP contribution is 2.19. The van der Waals surface area contributed by atoms with E-state index in [2.05, 4.69) is 4.98 Å². The van der Waals surface area contributed by atoms with Crippen LogP contribution in [-0.2, 0) is 26.9 Å². The molecule has 2 heterocycles. The number of ether oxygens (including phenoxy) is 2. The molecule has 3 rings (SSSR count). The minimum absolute atomic E-state index is 0.0476. The second kappa shape index (κ2) is 7.58. The second-order valence-corrected chi connectivity index (χ2v) is 8.72. The van der Waals surface area contributed by atoms with Gasteiger partial charge in [-0.1, -0.05) is 0 Å². The van der Waals surface area contributed by atoms with E-state index in [1.165, 1.54) is 35.6 Å². The first kappa shape index (κ1) is 17.3. The molecule has 2 aromatic rings. The van der Waals surface area contributed by atoms with Crippen molar-refractivity contribution in [2.24, 2.45) is 0 Å². The van der Waals surface area contributed by atoms with Crippen LogP contribution in [0, 0.1) is 5.82 Å². The summed E-state index contributed by atoms with van der Waals surface area (Å²) in [7, 11) is -3.24. The van der Waals surface area contributed by atoms with Crippen molar-refractivity contribution in [2.45, 2.75) is 31.3 Å². The molecule has 1 fully saturated rings. The van der Waals surface area contributed by atoms with Crippen molar-refractivity contribution in [3.8, 4) is 5.75 Å². The lowest BCUT2D eigenvalue weighted by atomic mass is 10.3. The molecule has 5 nitrogen and oxygen atoms in total. The first-order valence-corrected chi connectivity index (χ1v) is 10.3. The average molecular weight is 371 g/mol. The van der Waals surface area contributed by atoms with Gasteiger partial charge in [-0.05, 0) is 37.1 Å². The van der Waals surface area contributed by atoms with Crippen molar-refractivity contribution in [1.82, 2.24) is 4.98 Å². The number of benzene rings is 1. The lowest BCUT2D eigenvalue weighted by Gasteiger charge is -2.09. The maximum Gasteiger partial charge on any atom is 0.158 e. The number of sulfone groups is 1. The molecule has 24 heavy (non-hydrogen) atoms. The minimum Gasteiger partial charge on any atom is -0.486 e. The minimum atomic E-state index is -3.24. The Morgan fingerprint density at radius 2 is 2.12 bits per heavy atom. The maximum atomic E-state index is 12.8. The van der Waals surface area contributed by atoms with E-state index in [-0.39, 0.29) is 30.0 Å². The SMILES string of the molecule is O=S(=O)(Cc1csc(COc2ccc(F)cc2)n1)C[C@H]1CCCO1. The van der Waals surface area contributed by atoms with Crippen LogP contribution in [0.4, 0.5) is 4.39 Å². The van der Waals surface area contributed by atoms with E-state index >= 15 is 0 Å². The monoisotopic (exact) mass is 371 g/mol. The molecular weight excluding hydrogens is 353 g/mol. The predicted molar refractivity (Wildman–Crippen MR) is 89.3 cm³/mol. The number of nitrogens with zero attached hydrogens (tertiary/aromatic N) is 1. The zero-order chi connectivity index (χ0) is 17.0. The number of hydrogen-bond donors (Lipinski definition) is 0. The Hall–Kier alpha value is -1.51. The zero-order valence-corrected chi connectivity index (χ0v) is 14.6. The molecule has 1 aliphatic heterocycles. The van der Waals surface area contributed by atoms with Crippen LogP contribution < -0.4 is 4.74 Å². The fourth-order valence-corrected chi connectivity index (χ4v) is 4.86. The summed E-state index contributed by atoms with van der Waals surface area (Å²) in [6, 6.07) is 5.71.